The van der Waals surface area contributed by atoms with E-state index in [1.165, 1.54) is 0 Å². The van der Waals surface area contributed by atoms with Crippen LogP contribution in [-0.2, 0) is 9.84 Å². The molecule has 0 saturated carbocycles. The summed E-state index contributed by atoms with van der Waals surface area (Å²) in [5.74, 6) is 1.18. The summed E-state index contributed by atoms with van der Waals surface area (Å²) in [6.07, 6.45) is 1.59. The minimum atomic E-state index is -2.88. The molecule has 16 heavy (non-hydrogen) atoms. The van der Waals surface area contributed by atoms with Crippen LogP contribution in [0.15, 0.2) is 18.3 Å². The van der Waals surface area contributed by atoms with Crippen LogP contribution in [0.2, 0.25) is 0 Å². The number of nitrogens with zero attached hydrogens (tertiary/aromatic N) is 2. The van der Waals surface area contributed by atoms with Crippen LogP contribution >= 0.6 is 0 Å². The Bertz CT molecular complexity index is 469. The topological polar surface area (TPSA) is 76.3 Å². The van der Waals surface area contributed by atoms with Gasteiger partial charge in [-0.2, -0.15) is 0 Å². The molecule has 1 atom stereocenters. The first-order chi connectivity index (χ1) is 7.48. The largest absolute Gasteiger partial charge is 0.397 e. The van der Waals surface area contributed by atoms with Gasteiger partial charge in [0.25, 0.3) is 0 Å². The number of aromatic nitrogens is 1. The van der Waals surface area contributed by atoms with E-state index in [-0.39, 0.29) is 17.5 Å². The Hall–Kier alpha value is -1.30. The quantitative estimate of drug-likeness (QED) is 0.764. The molecule has 0 aliphatic carbocycles. The van der Waals surface area contributed by atoms with Crippen LogP contribution in [0.5, 0.6) is 0 Å². The first kappa shape index (κ1) is 11.2. The second-order valence-corrected chi connectivity index (χ2v) is 6.34. The van der Waals surface area contributed by atoms with Gasteiger partial charge in [0.2, 0.25) is 0 Å². The molecule has 88 valence electrons. The van der Waals surface area contributed by atoms with E-state index in [0.29, 0.717) is 12.2 Å². The smallest absolute Gasteiger partial charge is 0.154 e. The predicted octanol–water partition coefficient (Wildman–Crippen LogP) is 0.287. The Kier molecular flexibility index (Phi) is 2.75. The maximum Gasteiger partial charge on any atom is 0.154 e. The number of nitrogen functional groups attached to an aromatic ring is 1. The van der Waals surface area contributed by atoms with Gasteiger partial charge in [-0.3, -0.25) is 0 Å². The van der Waals surface area contributed by atoms with Crippen molar-refractivity contribution < 1.29 is 8.42 Å². The molecule has 6 heteroatoms. The first-order valence-electron chi connectivity index (χ1n) is 5.16. The zero-order valence-electron chi connectivity index (χ0n) is 9.13. The number of sulfone groups is 1. The molecular weight excluding hydrogens is 226 g/mol. The van der Waals surface area contributed by atoms with Gasteiger partial charge in [-0.25, -0.2) is 13.4 Å². The van der Waals surface area contributed by atoms with Crippen molar-refractivity contribution in [2.24, 2.45) is 0 Å². The van der Waals surface area contributed by atoms with E-state index in [0.717, 1.165) is 5.82 Å². The molecule has 0 radical (unpaired) electrons. The van der Waals surface area contributed by atoms with E-state index in [1.54, 1.807) is 12.3 Å². The monoisotopic (exact) mass is 241 g/mol. The summed E-state index contributed by atoms with van der Waals surface area (Å²) in [4.78, 5) is 6.21. The Morgan fingerprint density at radius 1 is 1.50 bits per heavy atom. The molecule has 1 unspecified atom stereocenters. The average Bonchev–Trinajstić information content (AvgIpc) is 2.19. The van der Waals surface area contributed by atoms with Gasteiger partial charge in [0.1, 0.15) is 5.82 Å². The normalized spacial score (nSPS) is 24.3. The van der Waals surface area contributed by atoms with Crippen molar-refractivity contribution in [3.05, 3.63) is 18.3 Å². The Balaban J connectivity index is 2.20. The second-order valence-electron chi connectivity index (χ2n) is 4.11. The van der Waals surface area contributed by atoms with E-state index < -0.39 is 9.84 Å². The molecule has 1 saturated heterocycles. The van der Waals surface area contributed by atoms with Crippen molar-refractivity contribution in [3.8, 4) is 0 Å². The predicted molar refractivity (Wildman–Crippen MR) is 64.1 cm³/mol. The van der Waals surface area contributed by atoms with Crippen LogP contribution in [0.1, 0.15) is 6.92 Å². The molecule has 0 bridgehead atoms. The van der Waals surface area contributed by atoms with Crippen LogP contribution in [0.3, 0.4) is 0 Å². The molecule has 0 amide bonds. The summed E-state index contributed by atoms with van der Waals surface area (Å²) < 4.78 is 22.8. The third kappa shape index (κ3) is 2.27. The van der Waals surface area contributed by atoms with Crippen molar-refractivity contribution in [3.63, 3.8) is 0 Å². The van der Waals surface area contributed by atoms with Gasteiger partial charge in [0.15, 0.2) is 9.84 Å². The third-order valence-electron chi connectivity index (χ3n) is 2.74. The number of pyridine rings is 1. The Morgan fingerprint density at radius 3 is 2.81 bits per heavy atom. The molecule has 2 N–H and O–H groups in total. The van der Waals surface area contributed by atoms with Gasteiger partial charge >= 0.3 is 0 Å². The van der Waals surface area contributed by atoms with Gasteiger partial charge in [-0.05, 0) is 19.1 Å². The molecule has 1 aromatic rings. The summed E-state index contributed by atoms with van der Waals surface area (Å²) in [5.41, 5.74) is 6.17. The lowest BCUT2D eigenvalue weighted by atomic mass is 10.3. The van der Waals surface area contributed by atoms with Crippen LogP contribution in [0.4, 0.5) is 11.5 Å². The fourth-order valence-corrected chi connectivity index (χ4v) is 3.46. The van der Waals surface area contributed by atoms with Gasteiger partial charge < -0.3 is 10.6 Å². The number of anilines is 2. The van der Waals surface area contributed by atoms with Crippen molar-refractivity contribution in [1.29, 1.82) is 0 Å². The van der Waals surface area contributed by atoms with Gasteiger partial charge in [-0.15, -0.1) is 0 Å². The zero-order valence-corrected chi connectivity index (χ0v) is 9.94. The lowest BCUT2D eigenvalue weighted by molar-refractivity contribution is 0.567. The number of nitrogens with two attached hydrogens (primary N) is 1. The molecule has 0 spiro atoms. The van der Waals surface area contributed by atoms with Gasteiger partial charge in [-0.1, -0.05) is 0 Å². The van der Waals surface area contributed by atoms with Gasteiger partial charge in [0.05, 0.1) is 23.4 Å². The van der Waals surface area contributed by atoms with Gasteiger partial charge in [0, 0.05) is 12.6 Å². The molecule has 2 rings (SSSR count). The number of hydrogen-bond donors (Lipinski definition) is 1. The third-order valence-corrected chi connectivity index (χ3v) is 4.53. The van der Waals surface area contributed by atoms with Crippen LogP contribution in [0, 0.1) is 0 Å². The van der Waals surface area contributed by atoms with Crippen molar-refractivity contribution in [1.82, 2.24) is 4.98 Å². The molecule has 0 aromatic carbocycles. The average molecular weight is 241 g/mol. The van der Waals surface area contributed by atoms with E-state index in [9.17, 15) is 8.42 Å². The second kappa shape index (κ2) is 3.93. The highest BCUT2D eigenvalue weighted by Crippen LogP contribution is 2.19. The number of rotatable bonds is 1. The maximum atomic E-state index is 11.4. The van der Waals surface area contributed by atoms with E-state index >= 15 is 0 Å². The standard InChI is InChI=1S/C10H15N3O2S/c1-8-7-16(14,15)5-4-13(8)10-3-2-9(11)6-12-10/h2-3,6,8H,4-5,7,11H2,1H3. The van der Waals surface area contributed by atoms with Crippen molar-refractivity contribution in [2.75, 3.05) is 28.7 Å². The fraction of sp³-hybridized carbons (Fsp3) is 0.500. The Labute approximate surface area is 95.2 Å². The fourth-order valence-electron chi connectivity index (χ4n) is 1.91. The maximum absolute atomic E-state index is 11.4. The van der Waals surface area contributed by atoms with Crippen LogP contribution in [0.25, 0.3) is 0 Å². The van der Waals surface area contributed by atoms with E-state index in [1.807, 2.05) is 17.9 Å². The summed E-state index contributed by atoms with van der Waals surface area (Å²) in [5, 5.41) is 0. The van der Waals surface area contributed by atoms with E-state index in [2.05, 4.69) is 4.98 Å². The minimum Gasteiger partial charge on any atom is -0.397 e. The molecule has 1 aromatic heterocycles. The van der Waals surface area contributed by atoms with Crippen molar-refractivity contribution >= 4 is 21.3 Å². The highest BCUT2D eigenvalue weighted by Gasteiger charge is 2.28. The summed E-state index contributed by atoms with van der Waals surface area (Å²) in [6, 6.07) is 3.57. The molecule has 5 nitrogen and oxygen atoms in total. The first-order valence-corrected chi connectivity index (χ1v) is 6.99. The summed E-state index contributed by atoms with van der Waals surface area (Å²) in [7, 11) is -2.88. The molecular formula is C10H15N3O2S. The molecule has 1 aliphatic heterocycles. The summed E-state index contributed by atoms with van der Waals surface area (Å²) >= 11 is 0. The highest BCUT2D eigenvalue weighted by molar-refractivity contribution is 7.91. The molecule has 1 fully saturated rings. The molecule has 2 heterocycles. The minimum absolute atomic E-state index is 0.0325. The Morgan fingerprint density at radius 2 is 2.25 bits per heavy atom. The van der Waals surface area contributed by atoms with E-state index in [4.69, 9.17) is 5.73 Å². The van der Waals surface area contributed by atoms with Crippen LogP contribution < -0.4 is 10.6 Å². The van der Waals surface area contributed by atoms with Crippen LogP contribution in [-0.4, -0.2) is 37.5 Å². The lowest BCUT2D eigenvalue weighted by Gasteiger charge is -2.34. The highest BCUT2D eigenvalue weighted by atomic mass is 32.2. The molecule has 1 aliphatic rings. The SMILES string of the molecule is CC1CS(=O)(=O)CCN1c1ccc(N)cn1. The lowest BCUT2D eigenvalue weighted by Crippen LogP contribution is -2.47. The summed E-state index contributed by atoms with van der Waals surface area (Å²) in [6.45, 7) is 2.40. The zero-order chi connectivity index (χ0) is 11.8. The van der Waals surface area contributed by atoms with Crippen molar-refractivity contribution in [2.45, 2.75) is 13.0 Å². The number of hydrogen-bond acceptors (Lipinski definition) is 5.